The molecule has 0 aliphatic carbocycles. The number of rotatable bonds is 6. The molecule has 0 bridgehead atoms. The molecule has 1 aromatic rings. The molecule has 4 nitrogen and oxygen atoms in total. The van der Waals surface area contributed by atoms with E-state index in [9.17, 15) is 0 Å². The Morgan fingerprint density at radius 1 is 1.39 bits per heavy atom. The van der Waals surface area contributed by atoms with Gasteiger partial charge in [-0.2, -0.15) is 0 Å². The molecule has 5 heteroatoms. The fraction of sp³-hybridized carbons (Fsp3) is 0.462. The molecule has 0 aliphatic rings. The first-order valence-corrected chi connectivity index (χ1v) is 6.79. The Morgan fingerprint density at radius 2 is 2.06 bits per heavy atom. The van der Waals surface area contributed by atoms with Crippen LogP contribution in [0.3, 0.4) is 0 Å². The van der Waals surface area contributed by atoms with E-state index in [4.69, 9.17) is 10.5 Å². The van der Waals surface area contributed by atoms with Crippen LogP contribution in [0.5, 0.6) is 5.75 Å². The van der Waals surface area contributed by atoms with Gasteiger partial charge < -0.3 is 15.8 Å². The monoisotopic (exact) mass is 313 g/mol. The molecule has 0 spiro atoms. The van der Waals surface area contributed by atoms with Gasteiger partial charge in [0.05, 0.1) is 6.54 Å². The Balaban J connectivity index is 2.18. The number of halogens is 1. The zero-order valence-electron chi connectivity index (χ0n) is 10.8. The van der Waals surface area contributed by atoms with Crippen LogP contribution in [0.25, 0.3) is 0 Å². The van der Waals surface area contributed by atoms with E-state index in [1.807, 2.05) is 24.3 Å². The molecule has 0 unspecified atom stereocenters. The van der Waals surface area contributed by atoms with Gasteiger partial charge in [-0.05, 0) is 30.2 Å². The summed E-state index contributed by atoms with van der Waals surface area (Å²) in [7, 11) is 0. The van der Waals surface area contributed by atoms with Crippen LogP contribution in [0.1, 0.15) is 13.8 Å². The highest BCUT2D eigenvalue weighted by molar-refractivity contribution is 9.10. The molecule has 0 saturated heterocycles. The first kappa shape index (κ1) is 14.8. The quantitative estimate of drug-likeness (QED) is 0.481. The van der Waals surface area contributed by atoms with Crippen LogP contribution in [0.15, 0.2) is 33.7 Å². The van der Waals surface area contributed by atoms with Crippen LogP contribution in [0, 0.1) is 5.92 Å². The summed E-state index contributed by atoms with van der Waals surface area (Å²) in [4.78, 5) is 4.20. The molecule has 0 aromatic heterocycles. The molecule has 0 saturated carbocycles. The van der Waals surface area contributed by atoms with Gasteiger partial charge in [0.15, 0.2) is 5.96 Å². The fourth-order valence-electron chi connectivity index (χ4n) is 1.22. The van der Waals surface area contributed by atoms with Crippen LogP contribution in [0.4, 0.5) is 0 Å². The van der Waals surface area contributed by atoms with E-state index in [0.29, 0.717) is 25.0 Å². The Morgan fingerprint density at radius 3 is 2.67 bits per heavy atom. The third-order valence-corrected chi connectivity index (χ3v) is 2.65. The lowest BCUT2D eigenvalue weighted by atomic mass is 10.2. The molecule has 0 atom stereocenters. The number of aliphatic imine (C=N–C) groups is 1. The highest BCUT2D eigenvalue weighted by Crippen LogP contribution is 2.15. The minimum Gasteiger partial charge on any atom is -0.492 e. The number of nitrogens with zero attached hydrogens (tertiary/aromatic N) is 1. The number of nitrogens with one attached hydrogen (secondary N) is 1. The number of guanidine groups is 1. The van der Waals surface area contributed by atoms with Crippen molar-refractivity contribution in [3.63, 3.8) is 0 Å². The molecule has 0 radical (unpaired) electrons. The molecule has 0 heterocycles. The maximum Gasteiger partial charge on any atom is 0.188 e. The van der Waals surface area contributed by atoms with Gasteiger partial charge in [-0.15, -0.1) is 0 Å². The number of hydrogen-bond donors (Lipinski definition) is 2. The second kappa shape index (κ2) is 7.97. The van der Waals surface area contributed by atoms with Crippen molar-refractivity contribution in [2.24, 2.45) is 16.6 Å². The summed E-state index contributed by atoms with van der Waals surface area (Å²) in [6.07, 6.45) is 0. The summed E-state index contributed by atoms with van der Waals surface area (Å²) in [6.45, 7) is 6.15. The number of benzene rings is 1. The summed E-state index contributed by atoms with van der Waals surface area (Å²) in [5.74, 6) is 1.84. The van der Waals surface area contributed by atoms with Crippen LogP contribution in [0.2, 0.25) is 0 Å². The SMILES string of the molecule is CC(C)CN=C(N)NCCOc1ccc(Br)cc1. The fourth-order valence-corrected chi connectivity index (χ4v) is 1.48. The van der Waals surface area contributed by atoms with Gasteiger partial charge in [0.25, 0.3) is 0 Å². The first-order chi connectivity index (χ1) is 8.58. The highest BCUT2D eigenvalue weighted by Gasteiger charge is 1.96. The third-order valence-electron chi connectivity index (χ3n) is 2.12. The van der Waals surface area contributed by atoms with Crippen molar-refractivity contribution in [2.75, 3.05) is 19.7 Å². The summed E-state index contributed by atoms with van der Waals surface area (Å²) >= 11 is 3.38. The Labute approximate surface area is 117 Å². The van der Waals surface area contributed by atoms with Gasteiger partial charge in [-0.3, -0.25) is 4.99 Å². The highest BCUT2D eigenvalue weighted by atomic mass is 79.9. The predicted molar refractivity (Wildman–Crippen MR) is 79.0 cm³/mol. The zero-order valence-corrected chi connectivity index (χ0v) is 12.4. The van der Waals surface area contributed by atoms with Crippen molar-refractivity contribution in [2.45, 2.75) is 13.8 Å². The van der Waals surface area contributed by atoms with Crippen LogP contribution < -0.4 is 15.8 Å². The van der Waals surface area contributed by atoms with Crippen molar-refractivity contribution in [1.82, 2.24) is 5.32 Å². The van der Waals surface area contributed by atoms with Crippen LogP contribution in [-0.2, 0) is 0 Å². The minimum atomic E-state index is 0.475. The van der Waals surface area contributed by atoms with Crippen molar-refractivity contribution in [3.05, 3.63) is 28.7 Å². The topological polar surface area (TPSA) is 59.6 Å². The molecular weight excluding hydrogens is 294 g/mol. The third kappa shape index (κ3) is 6.49. The average molecular weight is 314 g/mol. The largest absolute Gasteiger partial charge is 0.492 e. The minimum absolute atomic E-state index is 0.475. The Kier molecular flexibility index (Phi) is 6.57. The van der Waals surface area contributed by atoms with Crippen molar-refractivity contribution in [3.8, 4) is 5.75 Å². The molecule has 1 aromatic carbocycles. The Hall–Kier alpha value is -1.23. The smallest absolute Gasteiger partial charge is 0.188 e. The normalized spacial score (nSPS) is 11.7. The van der Waals surface area contributed by atoms with Gasteiger partial charge >= 0.3 is 0 Å². The lowest BCUT2D eigenvalue weighted by Crippen LogP contribution is -2.35. The molecular formula is C13H20BrN3O. The van der Waals surface area contributed by atoms with Gasteiger partial charge in [0.1, 0.15) is 12.4 Å². The molecule has 0 amide bonds. The van der Waals surface area contributed by atoms with Gasteiger partial charge in [-0.1, -0.05) is 29.8 Å². The molecule has 100 valence electrons. The molecule has 1 rings (SSSR count). The van der Waals surface area contributed by atoms with Crippen molar-refractivity contribution >= 4 is 21.9 Å². The van der Waals surface area contributed by atoms with Gasteiger partial charge in [0.2, 0.25) is 0 Å². The first-order valence-electron chi connectivity index (χ1n) is 6.00. The van der Waals surface area contributed by atoms with Gasteiger partial charge in [-0.25, -0.2) is 0 Å². The summed E-state index contributed by atoms with van der Waals surface area (Å²) in [5, 5.41) is 3.01. The van der Waals surface area contributed by atoms with Crippen LogP contribution >= 0.6 is 15.9 Å². The van der Waals surface area contributed by atoms with E-state index in [0.717, 1.165) is 16.8 Å². The standard InChI is InChI=1S/C13H20BrN3O/c1-10(2)9-17-13(15)16-7-8-18-12-5-3-11(14)4-6-12/h3-6,10H,7-9H2,1-2H3,(H3,15,16,17). The summed E-state index contributed by atoms with van der Waals surface area (Å²) in [5.41, 5.74) is 5.70. The van der Waals surface area contributed by atoms with E-state index in [2.05, 4.69) is 40.1 Å². The van der Waals surface area contributed by atoms with E-state index >= 15 is 0 Å². The second-order valence-corrected chi connectivity index (χ2v) is 5.26. The molecule has 0 aliphatic heterocycles. The molecule has 0 fully saturated rings. The maximum absolute atomic E-state index is 5.70. The van der Waals surface area contributed by atoms with E-state index < -0.39 is 0 Å². The van der Waals surface area contributed by atoms with E-state index in [1.165, 1.54) is 0 Å². The van der Waals surface area contributed by atoms with Crippen molar-refractivity contribution < 1.29 is 4.74 Å². The maximum atomic E-state index is 5.70. The van der Waals surface area contributed by atoms with Crippen molar-refractivity contribution in [1.29, 1.82) is 0 Å². The lowest BCUT2D eigenvalue weighted by molar-refractivity contribution is 0.322. The lowest BCUT2D eigenvalue weighted by Gasteiger charge is -2.08. The second-order valence-electron chi connectivity index (χ2n) is 4.35. The summed E-state index contributed by atoms with van der Waals surface area (Å²) < 4.78 is 6.58. The summed E-state index contributed by atoms with van der Waals surface area (Å²) in [6, 6.07) is 7.73. The van der Waals surface area contributed by atoms with Crippen LogP contribution in [-0.4, -0.2) is 25.7 Å². The molecule has 3 N–H and O–H groups in total. The predicted octanol–water partition coefficient (Wildman–Crippen LogP) is 2.39. The number of ether oxygens (including phenoxy) is 1. The van der Waals surface area contributed by atoms with E-state index in [-0.39, 0.29) is 0 Å². The zero-order chi connectivity index (χ0) is 13.4. The number of hydrogen-bond acceptors (Lipinski definition) is 2. The molecule has 18 heavy (non-hydrogen) atoms. The average Bonchev–Trinajstić information content (AvgIpc) is 2.34. The van der Waals surface area contributed by atoms with E-state index in [1.54, 1.807) is 0 Å². The number of nitrogens with two attached hydrogens (primary N) is 1. The van der Waals surface area contributed by atoms with Gasteiger partial charge in [0, 0.05) is 11.0 Å². The Bertz CT molecular complexity index is 376.